The van der Waals surface area contributed by atoms with Crippen LogP contribution in [-0.4, -0.2) is 202 Å². The lowest BCUT2D eigenvalue weighted by atomic mass is 9.84. The van der Waals surface area contributed by atoms with Crippen LogP contribution in [0.15, 0.2) is 138 Å². The van der Waals surface area contributed by atoms with Crippen LogP contribution in [0.4, 0.5) is 5.69 Å². The van der Waals surface area contributed by atoms with E-state index in [-0.39, 0.29) is 104 Å². The Kier molecular flexibility index (Phi) is 28.5. The fourth-order valence-electron chi connectivity index (χ4n) is 15.6. The predicted molar refractivity (Wildman–Crippen MR) is 455 cm³/mol. The van der Waals surface area contributed by atoms with Gasteiger partial charge in [-0.1, -0.05) is 178 Å². The van der Waals surface area contributed by atoms with E-state index < -0.39 is 82.6 Å². The first kappa shape index (κ1) is 88.4. The minimum absolute atomic E-state index is 0.0130. The molecule has 4 fully saturated rings. The first-order valence-corrected chi connectivity index (χ1v) is 42.5. The van der Waals surface area contributed by atoms with E-state index in [1.54, 1.807) is 63.2 Å². The van der Waals surface area contributed by atoms with Gasteiger partial charge in [0.1, 0.15) is 36.3 Å². The third kappa shape index (κ3) is 21.3. The van der Waals surface area contributed by atoms with Crippen LogP contribution in [0.25, 0.3) is 36.2 Å². The topological polar surface area (TPSA) is 334 Å². The Bertz CT molecular complexity index is 4970. The summed E-state index contributed by atoms with van der Waals surface area (Å²) in [5, 5.41) is 45.9. The zero-order valence-corrected chi connectivity index (χ0v) is 71.7. The molecule has 3 aromatic heterocycles. The molecule has 8 N–H and O–H groups in total. The Morgan fingerprint density at radius 2 is 0.873 bits per heavy atom. The minimum Gasteiger partial charge on any atom is -0.391 e. The van der Waals surface area contributed by atoms with Gasteiger partial charge in [-0.05, 0) is 115 Å². The van der Waals surface area contributed by atoms with Crippen LogP contribution in [0.3, 0.4) is 0 Å². The van der Waals surface area contributed by atoms with Gasteiger partial charge in [0, 0.05) is 82.1 Å². The smallest absolute Gasteiger partial charge is 0.255 e. The lowest BCUT2D eigenvalue weighted by Gasteiger charge is -2.40. The molecule has 8 aromatic rings. The van der Waals surface area contributed by atoms with Gasteiger partial charge in [0.25, 0.3) is 5.91 Å². The Balaban J connectivity index is 0.000000174. The van der Waals surface area contributed by atoms with Gasteiger partial charge in [-0.2, -0.15) is 0 Å². The molecule has 118 heavy (non-hydrogen) atoms. The number of nitrogens with one attached hydrogen (secondary N) is 5. The fourth-order valence-corrected chi connectivity index (χ4v) is 18.1. The van der Waals surface area contributed by atoms with Gasteiger partial charge >= 0.3 is 0 Å². The van der Waals surface area contributed by atoms with E-state index in [2.05, 4.69) is 51.3 Å². The van der Waals surface area contributed by atoms with Crippen LogP contribution in [0, 0.1) is 49.5 Å². The van der Waals surface area contributed by atoms with Crippen LogP contribution in [0.2, 0.25) is 0 Å². The van der Waals surface area contributed by atoms with Crippen LogP contribution >= 0.6 is 34.0 Å². The summed E-state index contributed by atoms with van der Waals surface area (Å²) < 4.78 is 0. The summed E-state index contributed by atoms with van der Waals surface area (Å²) in [5.74, 6) is -3.07. The van der Waals surface area contributed by atoms with E-state index in [0.717, 1.165) is 96.6 Å². The first-order valence-electron chi connectivity index (χ1n) is 39.9. The van der Waals surface area contributed by atoms with Crippen molar-refractivity contribution in [3.63, 3.8) is 0 Å². The van der Waals surface area contributed by atoms with Crippen molar-refractivity contribution in [3.8, 4) is 31.3 Å². The van der Waals surface area contributed by atoms with Crippen molar-refractivity contribution >= 4 is 92.9 Å². The van der Waals surface area contributed by atoms with Crippen molar-refractivity contribution in [3.05, 3.63) is 200 Å². The highest BCUT2D eigenvalue weighted by atomic mass is 32.1. The molecule has 9 amide bonds. The number of rotatable bonds is 20. The quantitative estimate of drug-likeness (QED) is 0.0329. The number of thiazole rings is 3. The third-order valence-corrected chi connectivity index (χ3v) is 25.2. The molecule has 0 radical (unpaired) electrons. The standard InChI is InChI=1S/C30H33N5O4S.C30H34N4O4S.C29H41N5O4S/c1-18-25(40-17-33-18)20-12-10-19(11-13-20)15-32-28(38)24-14-21(36)16-35(24)29(39)26(30(2,3)4)34-27(37)22-8-6-7-9-23(22)31-5;1-18-25(39-17-32-18)20-11-9-19(10-12-20)14-31-27(36)24-13-22(35)16-33(24)29(38)26(30(2,3)4)34-15-21-7-5-6-8-23(21)28(34)37;1-18-24(39-17-31-18)20-8-6-19(7-9-20)15-30-27(37)23-14-22(35)16-34(23)28(38)25(29(2,3)4)32-26(36)21-10-12-33(5)13-11-21/h6-13,17,21,24,26,36H,14-16H2,1-4H3,(H,32,38)(H,34,37);5-12,17,22,24,26,35H,13-16H2,1-4H3,(H,31,36);6-9,17,21-23,25,35H,10-16H2,1-5H3,(H,30,37)(H,32,36)/t21-,24+,26-;22-,24+,26-;22-,23+,25-/m111/s1. The van der Waals surface area contributed by atoms with E-state index in [0.29, 0.717) is 25.2 Å². The summed E-state index contributed by atoms with van der Waals surface area (Å²) in [4.78, 5) is 149. The zero-order valence-electron chi connectivity index (χ0n) is 69.2. The molecule has 0 bridgehead atoms. The number of aryl methyl sites for hydroxylation is 3. The van der Waals surface area contributed by atoms with E-state index in [4.69, 9.17) is 6.57 Å². The Morgan fingerprint density at radius 3 is 1.24 bits per heavy atom. The molecule has 5 aliphatic rings. The normalized spacial score (nSPS) is 19.6. The van der Waals surface area contributed by atoms with Crippen molar-refractivity contribution in [1.82, 2.24) is 66.0 Å². The van der Waals surface area contributed by atoms with E-state index in [1.165, 1.54) is 20.8 Å². The van der Waals surface area contributed by atoms with Crippen molar-refractivity contribution < 1.29 is 58.5 Å². The molecule has 5 aliphatic heterocycles. The summed E-state index contributed by atoms with van der Waals surface area (Å²) in [7, 11) is 2.04. The number of aliphatic hydroxyl groups excluding tert-OH is 3. The van der Waals surface area contributed by atoms with Gasteiger partial charge in [0.2, 0.25) is 47.3 Å². The Morgan fingerprint density at radius 1 is 0.500 bits per heavy atom. The highest BCUT2D eigenvalue weighted by Gasteiger charge is 2.50. The molecule has 0 spiro atoms. The summed E-state index contributed by atoms with van der Waals surface area (Å²) >= 11 is 4.75. The lowest BCUT2D eigenvalue weighted by Crippen LogP contribution is -2.58. The maximum absolute atomic E-state index is 14.0. The van der Waals surface area contributed by atoms with Gasteiger partial charge in [-0.25, -0.2) is 19.8 Å². The number of amides is 9. The molecule has 0 aliphatic carbocycles. The van der Waals surface area contributed by atoms with Gasteiger partial charge in [-0.3, -0.25) is 43.2 Å². The Labute approximate surface area is 702 Å². The number of likely N-dealkylation sites (tertiary alicyclic amines) is 4. The highest BCUT2D eigenvalue weighted by molar-refractivity contribution is 7.14. The number of β-amino-alcohol motifs (C(OH)–C–C–N with tert-alkyl or cyclic N) is 3. The van der Waals surface area contributed by atoms with Crippen LogP contribution < -0.4 is 26.6 Å². The number of fused-ring (bicyclic) bond motifs is 1. The fraction of sp³-hybridized carbons (Fsp3) is 0.449. The molecule has 0 unspecified atom stereocenters. The van der Waals surface area contributed by atoms with Crippen molar-refractivity contribution in [2.45, 2.75) is 196 Å². The zero-order chi connectivity index (χ0) is 85.2. The van der Waals surface area contributed by atoms with Gasteiger partial charge in [0.15, 0.2) is 5.69 Å². The molecule has 9 atom stereocenters. The summed E-state index contributed by atoms with van der Waals surface area (Å²) in [6.07, 6.45) is -0.520. The maximum Gasteiger partial charge on any atom is 0.255 e. The number of aromatic nitrogens is 3. The molecular weight excluding hydrogens is 1550 g/mol. The lowest BCUT2D eigenvalue weighted by molar-refractivity contribution is -0.145. The number of hydrogen-bond acceptors (Lipinski definition) is 19. The molecule has 624 valence electrons. The molecule has 26 nitrogen and oxygen atoms in total. The largest absolute Gasteiger partial charge is 0.391 e. The second kappa shape index (κ2) is 38.1. The van der Waals surface area contributed by atoms with Gasteiger partial charge in [-0.15, -0.1) is 34.0 Å². The van der Waals surface area contributed by atoms with E-state index >= 15 is 0 Å². The number of hydrogen-bond donors (Lipinski definition) is 8. The SMILES string of the molecule is Cc1ncsc1-c1ccc(CNC(=O)[C@@H]2C[C@@H](O)CN2C(=O)[C@@H](N2Cc3ccccc3C2=O)C(C)(C)C)cc1.Cc1ncsc1-c1ccc(CNC(=O)[C@@H]2C[C@@H](O)CN2C(=O)[C@@H](NC(=O)C2CCN(C)CC2)C(C)(C)C)cc1.[C-]#[N+]c1ccccc1C(=O)N[C@H](C(=O)N1C[C@H](O)C[C@H]1C(=O)NCc1ccc(-c2scnc2C)cc1)C(C)(C)C. The molecular formula is C89H108N14O12S3. The number of benzene rings is 5. The average Bonchev–Trinajstić information content (AvgIpc) is 1.61. The molecule has 13 rings (SSSR count). The minimum atomic E-state index is -0.984. The number of para-hydroxylation sites is 1. The molecule has 5 aromatic carbocycles. The number of piperidine rings is 1. The Hall–Kier alpha value is -10.5. The number of carbonyl (C=O) groups is 9. The summed E-state index contributed by atoms with van der Waals surface area (Å²) in [5.41, 5.74) is 14.4. The average molecular weight is 1660 g/mol. The summed E-state index contributed by atoms with van der Waals surface area (Å²) in [6, 6.07) is 32.5. The number of carbonyl (C=O) groups excluding carboxylic acids is 9. The molecule has 4 saturated heterocycles. The maximum atomic E-state index is 14.0. The van der Waals surface area contributed by atoms with E-state index in [1.807, 2.05) is 198 Å². The number of aliphatic hydroxyl groups is 3. The van der Waals surface area contributed by atoms with Crippen molar-refractivity contribution in [2.75, 3.05) is 39.8 Å². The van der Waals surface area contributed by atoms with Crippen LogP contribution in [0.5, 0.6) is 0 Å². The van der Waals surface area contributed by atoms with Crippen molar-refractivity contribution in [2.24, 2.45) is 22.2 Å². The molecule has 8 heterocycles. The second-order valence-electron chi connectivity index (χ2n) is 34.4. The van der Waals surface area contributed by atoms with Gasteiger partial charge in [0.05, 0.1) is 73.1 Å². The van der Waals surface area contributed by atoms with Gasteiger partial charge < -0.3 is 66.4 Å². The van der Waals surface area contributed by atoms with Crippen LogP contribution in [-0.2, 0) is 59.7 Å². The predicted octanol–water partition coefficient (Wildman–Crippen LogP) is 10.4. The highest BCUT2D eigenvalue weighted by Crippen LogP contribution is 2.38. The number of nitrogens with zero attached hydrogens (tertiary/aromatic N) is 9. The van der Waals surface area contributed by atoms with Crippen molar-refractivity contribution in [1.29, 1.82) is 0 Å². The monoisotopic (exact) mass is 1660 g/mol. The first-order chi connectivity index (χ1) is 56.0. The molecule has 0 saturated carbocycles. The van der Waals surface area contributed by atoms with E-state index in [9.17, 15) is 58.5 Å². The molecule has 29 heteroatoms. The second-order valence-corrected chi connectivity index (χ2v) is 36.9. The summed E-state index contributed by atoms with van der Waals surface area (Å²) in [6.45, 7) is 33.2. The third-order valence-electron chi connectivity index (χ3n) is 22.2. The van der Waals surface area contributed by atoms with Crippen LogP contribution in [0.1, 0.15) is 154 Å².